The maximum Gasteiger partial charge on any atom is 0.146 e. The van der Waals surface area contributed by atoms with Gasteiger partial charge in [-0.1, -0.05) is 26.0 Å². The van der Waals surface area contributed by atoms with E-state index in [-0.39, 0.29) is 5.41 Å². The topological polar surface area (TPSA) is 35.5 Å². The normalized spacial score (nSPS) is 35.1. The number of fused-ring (bicyclic) bond motifs is 2. The number of methoxy groups -OCH3 is 1. The van der Waals surface area contributed by atoms with Gasteiger partial charge in [-0.15, -0.1) is 0 Å². The molecule has 3 heteroatoms. The Labute approximate surface area is 116 Å². The summed E-state index contributed by atoms with van der Waals surface area (Å²) in [5, 5.41) is 0. The molecule has 0 amide bonds. The van der Waals surface area contributed by atoms with E-state index in [2.05, 4.69) is 32.9 Å². The summed E-state index contributed by atoms with van der Waals surface area (Å²) in [4.78, 5) is 12.1. The monoisotopic (exact) mass is 266 g/mol. The van der Waals surface area contributed by atoms with Crippen molar-refractivity contribution in [1.82, 2.24) is 0 Å². The number of rotatable bonds is 6. The number of carbonyl (C=O) groups excluding carboxylic acids is 1. The second kappa shape index (κ2) is 5.76. The smallest absolute Gasteiger partial charge is 0.146 e. The summed E-state index contributed by atoms with van der Waals surface area (Å²) in [5.74, 6) is 2.44. The highest BCUT2D eigenvalue weighted by Crippen LogP contribution is 2.50. The number of hydrogen-bond donors (Lipinski definition) is 0. The summed E-state index contributed by atoms with van der Waals surface area (Å²) in [6.07, 6.45) is 6.09. The standard InChI is InChI=1S/C16H26O3/c1-11(2)14(9-19-10-18-4)13-8-16(3)6-5-12(13)7-15(16)17/h5-6,11-14H,7-10H2,1-4H3/t12-,13-,14-,16+/m0/s1. The van der Waals surface area contributed by atoms with Crippen LogP contribution >= 0.6 is 0 Å². The van der Waals surface area contributed by atoms with Gasteiger partial charge in [-0.3, -0.25) is 4.79 Å². The predicted molar refractivity (Wildman–Crippen MR) is 74.6 cm³/mol. The minimum absolute atomic E-state index is 0.228. The van der Waals surface area contributed by atoms with Crippen molar-refractivity contribution in [2.24, 2.45) is 29.1 Å². The van der Waals surface area contributed by atoms with E-state index in [0.29, 0.717) is 42.7 Å². The number of ether oxygens (including phenoxy) is 2. The molecule has 0 radical (unpaired) electrons. The van der Waals surface area contributed by atoms with Gasteiger partial charge in [-0.25, -0.2) is 0 Å². The lowest BCUT2D eigenvalue weighted by Crippen LogP contribution is -2.46. The number of Topliss-reactive ketones (excluding diaryl/α,β-unsaturated/α-hetero) is 1. The molecule has 0 spiro atoms. The van der Waals surface area contributed by atoms with E-state index in [1.165, 1.54) is 0 Å². The van der Waals surface area contributed by atoms with Crippen LogP contribution in [0.25, 0.3) is 0 Å². The zero-order valence-electron chi connectivity index (χ0n) is 12.5. The molecule has 4 atom stereocenters. The number of allylic oxidation sites excluding steroid dienone is 2. The molecule has 0 N–H and O–H groups in total. The van der Waals surface area contributed by atoms with E-state index < -0.39 is 0 Å². The summed E-state index contributed by atoms with van der Waals surface area (Å²) < 4.78 is 10.6. The molecule has 3 rings (SSSR count). The van der Waals surface area contributed by atoms with Gasteiger partial charge in [0.25, 0.3) is 0 Å². The van der Waals surface area contributed by atoms with Crippen LogP contribution in [0.3, 0.4) is 0 Å². The average molecular weight is 266 g/mol. The molecule has 3 aliphatic carbocycles. The van der Waals surface area contributed by atoms with Crippen LogP contribution in [0.4, 0.5) is 0 Å². The first-order chi connectivity index (χ1) is 8.98. The van der Waals surface area contributed by atoms with Crippen LogP contribution in [0.15, 0.2) is 12.2 Å². The van der Waals surface area contributed by atoms with Crippen LogP contribution in [-0.2, 0) is 14.3 Å². The Balaban J connectivity index is 2.07. The number of ketones is 1. The quantitative estimate of drug-likeness (QED) is 0.421. The largest absolute Gasteiger partial charge is 0.359 e. The Bertz CT molecular complexity index is 361. The van der Waals surface area contributed by atoms with Gasteiger partial charge in [0.15, 0.2) is 0 Å². The Kier molecular flexibility index (Phi) is 4.46. The van der Waals surface area contributed by atoms with Gasteiger partial charge in [0.05, 0.1) is 6.61 Å². The fourth-order valence-electron chi connectivity index (χ4n) is 3.61. The van der Waals surface area contributed by atoms with Gasteiger partial charge in [0, 0.05) is 18.9 Å². The third kappa shape index (κ3) is 2.92. The Morgan fingerprint density at radius 2 is 2.21 bits per heavy atom. The minimum atomic E-state index is -0.228. The summed E-state index contributed by atoms with van der Waals surface area (Å²) in [7, 11) is 1.65. The van der Waals surface area contributed by atoms with Crippen molar-refractivity contribution in [3.63, 3.8) is 0 Å². The molecular formula is C16H26O3. The third-order valence-corrected chi connectivity index (χ3v) is 4.90. The van der Waals surface area contributed by atoms with E-state index >= 15 is 0 Å². The van der Waals surface area contributed by atoms with E-state index in [1.807, 2.05) is 0 Å². The second-order valence-electron chi connectivity index (χ2n) is 6.62. The van der Waals surface area contributed by atoms with Crippen molar-refractivity contribution in [3.05, 3.63) is 12.2 Å². The average Bonchev–Trinajstić information content (AvgIpc) is 2.36. The number of hydrogen-bond acceptors (Lipinski definition) is 3. The fraction of sp³-hybridized carbons (Fsp3) is 0.812. The minimum Gasteiger partial charge on any atom is -0.359 e. The molecule has 2 bridgehead atoms. The highest BCUT2D eigenvalue weighted by atomic mass is 16.7. The Morgan fingerprint density at radius 3 is 2.74 bits per heavy atom. The van der Waals surface area contributed by atoms with Crippen molar-refractivity contribution < 1.29 is 14.3 Å². The first-order valence-electron chi connectivity index (χ1n) is 7.27. The molecule has 0 unspecified atom stereocenters. The molecule has 0 aliphatic heterocycles. The van der Waals surface area contributed by atoms with Gasteiger partial charge < -0.3 is 9.47 Å². The van der Waals surface area contributed by atoms with E-state index in [9.17, 15) is 4.79 Å². The van der Waals surface area contributed by atoms with Crippen LogP contribution in [0.2, 0.25) is 0 Å². The van der Waals surface area contributed by atoms with Crippen LogP contribution < -0.4 is 0 Å². The number of carbonyl (C=O) groups is 1. The first-order valence-corrected chi connectivity index (χ1v) is 7.27. The van der Waals surface area contributed by atoms with Crippen LogP contribution in [0.5, 0.6) is 0 Å². The molecule has 3 nitrogen and oxygen atoms in total. The van der Waals surface area contributed by atoms with E-state index in [0.717, 1.165) is 13.0 Å². The van der Waals surface area contributed by atoms with Crippen molar-refractivity contribution in [2.75, 3.05) is 20.5 Å². The summed E-state index contributed by atoms with van der Waals surface area (Å²) in [6, 6.07) is 0. The lowest BCUT2D eigenvalue weighted by Gasteiger charge is -2.47. The molecule has 19 heavy (non-hydrogen) atoms. The predicted octanol–water partition coefficient (Wildman–Crippen LogP) is 3.05. The van der Waals surface area contributed by atoms with Crippen LogP contribution in [0, 0.1) is 29.1 Å². The van der Waals surface area contributed by atoms with Gasteiger partial charge >= 0.3 is 0 Å². The van der Waals surface area contributed by atoms with Gasteiger partial charge in [-0.2, -0.15) is 0 Å². The molecule has 0 aromatic heterocycles. The van der Waals surface area contributed by atoms with Gasteiger partial charge in [0.1, 0.15) is 12.6 Å². The lowest BCUT2D eigenvalue weighted by atomic mass is 9.56. The van der Waals surface area contributed by atoms with Crippen molar-refractivity contribution in [1.29, 1.82) is 0 Å². The molecule has 0 heterocycles. The maximum absolute atomic E-state index is 12.1. The van der Waals surface area contributed by atoms with E-state index in [4.69, 9.17) is 9.47 Å². The molecular weight excluding hydrogens is 240 g/mol. The highest BCUT2D eigenvalue weighted by molar-refractivity contribution is 5.88. The Morgan fingerprint density at radius 1 is 1.47 bits per heavy atom. The first kappa shape index (κ1) is 14.7. The van der Waals surface area contributed by atoms with Crippen molar-refractivity contribution in [2.45, 2.75) is 33.6 Å². The van der Waals surface area contributed by atoms with Gasteiger partial charge in [0.2, 0.25) is 0 Å². The SMILES string of the molecule is COCOC[C@@H](C(C)C)[C@H]1C[C@@]2(C)C=C[C@H]1CC2=O. The molecule has 0 aromatic carbocycles. The highest BCUT2D eigenvalue weighted by Gasteiger charge is 2.48. The molecule has 3 aliphatic rings. The summed E-state index contributed by atoms with van der Waals surface area (Å²) >= 11 is 0. The molecule has 108 valence electrons. The molecule has 1 fully saturated rings. The molecule has 0 saturated heterocycles. The van der Waals surface area contributed by atoms with Crippen molar-refractivity contribution in [3.8, 4) is 0 Å². The molecule has 1 saturated carbocycles. The molecule has 0 aromatic rings. The fourth-order valence-corrected chi connectivity index (χ4v) is 3.61. The zero-order chi connectivity index (χ0) is 14.0. The Hall–Kier alpha value is -0.670. The second-order valence-corrected chi connectivity index (χ2v) is 6.62. The summed E-state index contributed by atoms with van der Waals surface area (Å²) in [6.45, 7) is 7.66. The van der Waals surface area contributed by atoms with Crippen LogP contribution in [-0.4, -0.2) is 26.3 Å². The zero-order valence-corrected chi connectivity index (χ0v) is 12.5. The lowest BCUT2D eigenvalue weighted by molar-refractivity contribution is -0.134. The van der Waals surface area contributed by atoms with Crippen molar-refractivity contribution >= 4 is 5.78 Å². The van der Waals surface area contributed by atoms with E-state index in [1.54, 1.807) is 7.11 Å². The maximum atomic E-state index is 12.1. The van der Waals surface area contributed by atoms with Crippen LogP contribution in [0.1, 0.15) is 33.6 Å². The summed E-state index contributed by atoms with van der Waals surface area (Å²) in [5.41, 5.74) is -0.228. The third-order valence-electron chi connectivity index (χ3n) is 4.90. The van der Waals surface area contributed by atoms with Gasteiger partial charge in [-0.05, 0) is 37.0 Å².